The molecule has 1 heterocycles. The van der Waals surface area contributed by atoms with E-state index in [1.165, 1.54) is 19.4 Å². The van der Waals surface area contributed by atoms with E-state index in [-0.39, 0.29) is 23.6 Å². The number of furan rings is 1. The summed E-state index contributed by atoms with van der Waals surface area (Å²) >= 11 is 0. The minimum absolute atomic E-state index is 0.0909. The molecule has 7 heteroatoms. The van der Waals surface area contributed by atoms with Gasteiger partial charge >= 0.3 is 5.97 Å². The van der Waals surface area contributed by atoms with E-state index in [4.69, 9.17) is 13.9 Å². The molecule has 1 N–H and O–H groups in total. The van der Waals surface area contributed by atoms with Crippen LogP contribution in [-0.2, 0) is 11.3 Å². The number of nitriles is 1. The van der Waals surface area contributed by atoms with Crippen molar-refractivity contribution in [3.63, 3.8) is 0 Å². The Balaban J connectivity index is 1.45. The maximum Gasteiger partial charge on any atom is 0.343 e. The quantitative estimate of drug-likeness (QED) is 0.158. The number of carbonyl (C=O) groups is 2. The number of hydrogen-bond acceptors (Lipinski definition) is 6. The standard InChI is InChI=1S/C29H22N2O5/c1-34-27-17-20(16-24(18-30)28(32)31-19-25-8-5-15-35-25)9-14-26(27)36-29(33)23-12-10-22(11-13-23)21-6-3-2-4-7-21/h2-17H,19H2,1H3,(H,31,32)/b24-16+. The van der Waals surface area contributed by atoms with Gasteiger partial charge in [0, 0.05) is 0 Å². The van der Waals surface area contributed by atoms with Crippen molar-refractivity contribution in [2.45, 2.75) is 6.54 Å². The van der Waals surface area contributed by atoms with Gasteiger partial charge in [0.15, 0.2) is 11.5 Å². The van der Waals surface area contributed by atoms with Crippen LogP contribution < -0.4 is 14.8 Å². The molecule has 0 spiro atoms. The van der Waals surface area contributed by atoms with Crippen molar-refractivity contribution < 1.29 is 23.5 Å². The second-order valence-electron chi connectivity index (χ2n) is 7.68. The first-order valence-corrected chi connectivity index (χ1v) is 11.1. The highest BCUT2D eigenvalue weighted by molar-refractivity contribution is 6.01. The largest absolute Gasteiger partial charge is 0.493 e. The van der Waals surface area contributed by atoms with Crippen LogP contribution in [0.1, 0.15) is 21.7 Å². The number of hydrogen-bond donors (Lipinski definition) is 1. The Kier molecular flexibility index (Phi) is 7.59. The third-order valence-electron chi connectivity index (χ3n) is 5.30. The van der Waals surface area contributed by atoms with Gasteiger partial charge in [-0.1, -0.05) is 48.5 Å². The molecule has 0 atom stereocenters. The number of benzene rings is 3. The first kappa shape index (κ1) is 24.0. The molecule has 1 amide bonds. The highest BCUT2D eigenvalue weighted by Gasteiger charge is 2.15. The Morgan fingerprint density at radius 3 is 2.36 bits per heavy atom. The topological polar surface area (TPSA) is 102 Å². The lowest BCUT2D eigenvalue weighted by atomic mass is 10.0. The lowest BCUT2D eigenvalue weighted by Crippen LogP contribution is -2.23. The van der Waals surface area contributed by atoms with E-state index in [2.05, 4.69) is 5.32 Å². The van der Waals surface area contributed by atoms with Crippen LogP contribution in [0.25, 0.3) is 17.2 Å². The molecule has 3 aromatic carbocycles. The molecule has 0 saturated heterocycles. The number of carbonyl (C=O) groups excluding carboxylic acids is 2. The van der Waals surface area contributed by atoms with Crippen molar-refractivity contribution in [2.75, 3.05) is 7.11 Å². The summed E-state index contributed by atoms with van der Waals surface area (Å²) in [5.74, 6) is -0.00409. The summed E-state index contributed by atoms with van der Waals surface area (Å²) in [4.78, 5) is 25.1. The van der Waals surface area contributed by atoms with Crippen LogP contribution in [-0.4, -0.2) is 19.0 Å². The van der Waals surface area contributed by atoms with Gasteiger partial charge in [0.05, 0.1) is 25.5 Å². The second-order valence-corrected chi connectivity index (χ2v) is 7.68. The van der Waals surface area contributed by atoms with E-state index < -0.39 is 11.9 Å². The summed E-state index contributed by atoms with van der Waals surface area (Å²) in [6.45, 7) is 0.162. The van der Waals surface area contributed by atoms with Gasteiger partial charge in [0.1, 0.15) is 17.4 Å². The molecule has 0 aliphatic carbocycles. The Hall–Kier alpha value is -5.09. The van der Waals surface area contributed by atoms with Crippen LogP contribution in [0.4, 0.5) is 0 Å². The normalized spacial score (nSPS) is 10.8. The SMILES string of the molecule is COc1cc(/C=C(\C#N)C(=O)NCc2ccco2)ccc1OC(=O)c1ccc(-c2ccccc2)cc1. The molecular weight excluding hydrogens is 456 g/mol. The van der Waals surface area contributed by atoms with Crippen molar-refractivity contribution >= 4 is 18.0 Å². The van der Waals surface area contributed by atoms with Crippen LogP contribution in [0.5, 0.6) is 11.5 Å². The molecule has 0 unspecified atom stereocenters. The minimum Gasteiger partial charge on any atom is -0.493 e. The molecular formula is C29H22N2O5. The van der Waals surface area contributed by atoms with Gasteiger partial charge in [-0.2, -0.15) is 5.26 Å². The fourth-order valence-electron chi connectivity index (χ4n) is 3.44. The Morgan fingerprint density at radius 1 is 0.944 bits per heavy atom. The van der Waals surface area contributed by atoms with Gasteiger partial charge in [-0.25, -0.2) is 4.79 Å². The first-order chi connectivity index (χ1) is 17.6. The number of rotatable bonds is 8. The van der Waals surface area contributed by atoms with Crippen molar-refractivity contribution in [3.8, 4) is 28.7 Å². The number of ether oxygens (including phenoxy) is 2. The average molecular weight is 479 g/mol. The van der Waals surface area contributed by atoms with Gasteiger partial charge in [0.25, 0.3) is 5.91 Å². The van der Waals surface area contributed by atoms with Crippen molar-refractivity contribution in [1.29, 1.82) is 5.26 Å². The second kappa shape index (κ2) is 11.4. The number of methoxy groups -OCH3 is 1. The number of esters is 1. The van der Waals surface area contributed by atoms with Gasteiger partial charge in [-0.15, -0.1) is 0 Å². The van der Waals surface area contributed by atoms with Gasteiger partial charge in [0.2, 0.25) is 0 Å². The van der Waals surface area contributed by atoms with Gasteiger partial charge in [-0.3, -0.25) is 4.79 Å². The average Bonchev–Trinajstić information content (AvgIpc) is 3.45. The zero-order valence-corrected chi connectivity index (χ0v) is 19.4. The number of nitrogens with zero attached hydrogens (tertiary/aromatic N) is 1. The van der Waals surface area contributed by atoms with Crippen LogP contribution >= 0.6 is 0 Å². The van der Waals surface area contributed by atoms with Crippen LogP contribution in [0, 0.1) is 11.3 Å². The minimum atomic E-state index is -0.540. The predicted molar refractivity (Wildman–Crippen MR) is 134 cm³/mol. The third-order valence-corrected chi connectivity index (χ3v) is 5.30. The van der Waals surface area contributed by atoms with Crippen LogP contribution in [0.2, 0.25) is 0 Å². The first-order valence-electron chi connectivity index (χ1n) is 11.1. The third kappa shape index (κ3) is 5.88. The van der Waals surface area contributed by atoms with Crippen molar-refractivity contribution in [3.05, 3.63) is 114 Å². The van der Waals surface area contributed by atoms with E-state index in [0.29, 0.717) is 16.9 Å². The summed E-state index contributed by atoms with van der Waals surface area (Å²) in [6, 6.07) is 27.1. The number of nitrogens with one attached hydrogen (secondary N) is 1. The zero-order valence-electron chi connectivity index (χ0n) is 19.4. The maximum absolute atomic E-state index is 12.7. The summed E-state index contributed by atoms with van der Waals surface area (Å²) in [7, 11) is 1.44. The van der Waals surface area contributed by atoms with Crippen LogP contribution in [0.15, 0.2) is 101 Å². The molecule has 1 aromatic heterocycles. The van der Waals surface area contributed by atoms with E-state index in [0.717, 1.165) is 11.1 Å². The Bertz CT molecular complexity index is 1420. The highest BCUT2D eigenvalue weighted by Crippen LogP contribution is 2.30. The molecule has 36 heavy (non-hydrogen) atoms. The molecule has 0 fully saturated rings. The predicted octanol–water partition coefficient (Wildman–Crippen LogP) is 5.40. The van der Waals surface area contributed by atoms with E-state index in [1.807, 2.05) is 48.5 Å². The maximum atomic E-state index is 12.7. The molecule has 0 aliphatic heterocycles. The summed E-state index contributed by atoms with van der Waals surface area (Å²) < 4.78 is 16.1. The molecule has 178 valence electrons. The summed E-state index contributed by atoms with van der Waals surface area (Å²) in [5.41, 5.74) is 2.87. The number of amides is 1. The van der Waals surface area contributed by atoms with Crippen molar-refractivity contribution in [2.24, 2.45) is 0 Å². The molecule has 4 rings (SSSR count). The van der Waals surface area contributed by atoms with Gasteiger partial charge in [-0.05, 0) is 59.2 Å². The summed E-state index contributed by atoms with van der Waals surface area (Å²) in [6.07, 6.45) is 2.93. The Labute approximate surface area is 208 Å². The molecule has 0 aliphatic rings. The molecule has 4 aromatic rings. The van der Waals surface area contributed by atoms with E-state index in [9.17, 15) is 14.9 Å². The molecule has 0 radical (unpaired) electrons. The summed E-state index contributed by atoms with van der Waals surface area (Å²) in [5, 5.41) is 12.1. The lowest BCUT2D eigenvalue weighted by molar-refractivity contribution is -0.117. The highest BCUT2D eigenvalue weighted by atomic mass is 16.6. The smallest absolute Gasteiger partial charge is 0.343 e. The molecule has 7 nitrogen and oxygen atoms in total. The molecule has 0 bridgehead atoms. The Morgan fingerprint density at radius 2 is 1.69 bits per heavy atom. The molecule has 0 saturated carbocycles. The van der Waals surface area contributed by atoms with E-state index in [1.54, 1.807) is 42.5 Å². The van der Waals surface area contributed by atoms with Crippen LogP contribution in [0.3, 0.4) is 0 Å². The monoisotopic (exact) mass is 478 g/mol. The fourth-order valence-corrected chi connectivity index (χ4v) is 3.44. The zero-order chi connectivity index (χ0) is 25.3. The van der Waals surface area contributed by atoms with Gasteiger partial charge < -0.3 is 19.2 Å². The van der Waals surface area contributed by atoms with E-state index >= 15 is 0 Å². The lowest BCUT2D eigenvalue weighted by Gasteiger charge is -2.11. The van der Waals surface area contributed by atoms with Crippen molar-refractivity contribution in [1.82, 2.24) is 5.32 Å². The fraction of sp³-hybridized carbons (Fsp3) is 0.0690.